The summed E-state index contributed by atoms with van der Waals surface area (Å²) in [4.78, 5) is 41.4. The molecule has 142 valence electrons. The second-order valence-electron chi connectivity index (χ2n) is 6.24. The lowest BCUT2D eigenvalue weighted by molar-refractivity contribution is -0.135. The summed E-state index contributed by atoms with van der Waals surface area (Å²) in [5, 5.41) is 10.9. The van der Waals surface area contributed by atoms with Crippen LogP contribution in [-0.4, -0.2) is 50.9 Å². The Morgan fingerprint density at radius 3 is 2.70 bits per heavy atom. The van der Waals surface area contributed by atoms with Crippen LogP contribution in [0.3, 0.4) is 0 Å². The van der Waals surface area contributed by atoms with Crippen LogP contribution in [0.25, 0.3) is 0 Å². The van der Waals surface area contributed by atoms with Gasteiger partial charge in [0, 0.05) is 36.4 Å². The van der Waals surface area contributed by atoms with Gasteiger partial charge < -0.3 is 15.4 Å². The maximum Gasteiger partial charge on any atom is 0.322 e. The smallest absolute Gasteiger partial charge is 0.322 e. The summed E-state index contributed by atoms with van der Waals surface area (Å²) in [5.74, 6) is -1.21. The Labute approximate surface area is 160 Å². The first-order valence-corrected chi connectivity index (χ1v) is 9.36. The monoisotopic (exact) mass is 388 g/mol. The van der Waals surface area contributed by atoms with Gasteiger partial charge in [-0.25, -0.2) is 9.29 Å². The van der Waals surface area contributed by atoms with Gasteiger partial charge in [0.1, 0.15) is 12.2 Å². The molecular formula is C18H20N4O4S. The van der Waals surface area contributed by atoms with Crippen LogP contribution in [0.15, 0.2) is 46.3 Å². The van der Waals surface area contributed by atoms with Gasteiger partial charge in [-0.1, -0.05) is 0 Å². The highest BCUT2D eigenvalue weighted by molar-refractivity contribution is 7.97. The quantitative estimate of drug-likeness (QED) is 0.642. The van der Waals surface area contributed by atoms with Crippen molar-refractivity contribution in [1.29, 1.82) is 0 Å². The molecule has 0 saturated carbocycles. The molecule has 0 radical (unpaired) electrons. The van der Waals surface area contributed by atoms with Crippen LogP contribution in [0, 0.1) is 0 Å². The fourth-order valence-electron chi connectivity index (χ4n) is 2.96. The Morgan fingerprint density at radius 2 is 2.07 bits per heavy atom. The first-order valence-electron chi connectivity index (χ1n) is 8.59. The van der Waals surface area contributed by atoms with Gasteiger partial charge in [0.15, 0.2) is 0 Å². The summed E-state index contributed by atoms with van der Waals surface area (Å²) >= 11 is 1.58. The average molecular weight is 388 g/mol. The van der Waals surface area contributed by atoms with Crippen molar-refractivity contribution in [2.45, 2.75) is 23.7 Å². The molecule has 1 saturated heterocycles. The molecule has 3 rings (SSSR count). The highest BCUT2D eigenvalue weighted by Crippen LogP contribution is 2.32. The molecule has 9 heteroatoms. The van der Waals surface area contributed by atoms with Gasteiger partial charge in [-0.3, -0.25) is 14.4 Å². The lowest BCUT2D eigenvalue weighted by atomic mass is 9.91. The first kappa shape index (κ1) is 19.1. The van der Waals surface area contributed by atoms with Crippen LogP contribution in [0.4, 0.5) is 0 Å². The largest absolute Gasteiger partial charge is 0.480 e. The summed E-state index contributed by atoms with van der Waals surface area (Å²) < 4.78 is 2.24. The van der Waals surface area contributed by atoms with Crippen LogP contribution >= 0.6 is 11.9 Å². The zero-order chi connectivity index (χ0) is 19.2. The number of piperidine rings is 1. The second-order valence-corrected chi connectivity index (χ2v) is 7.41. The molecule has 0 aromatic carbocycles. The lowest BCUT2D eigenvalue weighted by Crippen LogP contribution is -2.30. The van der Waals surface area contributed by atoms with Gasteiger partial charge in [-0.05, 0) is 54.5 Å². The zero-order valence-electron chi connectivity index (χ0n) is 14.6. The predicted octanol–water partition coefficient (Wildman–Crippen LogP) is 1.47. The lowest BCUT2D eigenvalue weighted by Gasteiger charge is -2.31. The molecule has 0 bridgehead atoms. The van der Waals surface area contributed by atoms with Crippen molar-refractivity contribution in [3.63, 3.8) is 0 Å². The van der Waals surface area contributed by atoms with Crippen molar-refractivity contribution in [2.24, 2.45) is 0 Å². The van der Waals surface area contributed by atoms with E-state index in [2.05, 4.69) is 19.6 Å². The number of hydrogen-bond donors (Lipinski definition) is 3. The minimum absolute atomic E-state index is 0.0668. The molecule has 3 N–H and O–H groups in total. The van der Waals surface area contributed by atoms with Gasteiger partial charge in [0.2, 0.25) is 5.56 Å². The number of aromatic nitrogens is 2. The van der Waals surface area contributed by atoms with Gasteiger partial charge in [0.05, 0.1) is 0 Å². The number of carboxylic acids is 1. The number of aromatic amines is 1. The van der Waals surface area contributed by atoms with E-state index in [-0.39, 0.29) is 11.3 Å². The van der Waals surface area contributed by atoms with Crippen LogP contribution in [0.1, 0.15) is 34.8 Å². The summed E-state index contributed by atoms with van der Waals surface area (Å²) in [7, 11) is 0. The third-order valence-electron chi connectivity index (χ3n) is 4.33. The summed E-state index contributed by atoms with van der Waals surface area (Å²) in [6.07, 6.45) is 5.25. The number of carbonyl (C=O) groups excluding carboxylic acids is 1. The fraction of sp³-hybridized carbons (Fsp3) is 0.333. The van der Waals surface area contributed by atoms with E-state index in [0.717, 1.165) is 36.4 Å². The maximum absolute atomic E-state index is 11.8. The molecule has 0 unspecified atom stereocenters. The molecule has 3 heterocycles. The van der Waals surface area contributed by atoms with E-state index in [1.165, 1.54) is 0 Å². The van der Waals surface area contributed by atoms with Crippen molar-refractivity contribution in [1.82, 2.24) is 19.6 Å². The number of nitrogens with zero attached hydrogens (tertiary/aromatic N) is 2. The number of rotatable bonds is 6. The summed E-state index contributed by atoms with van der Waals surface area (Å²) in [6.45, 7) is 1.35. The molecule has 2 aromatic rings. The van der Waals surface area contributed by atoms with E-state index in [1.807, 2.05) is 6.07 Å². The Kier molecular flexibility index (Phi) is 6.25. The van der Waals surface area contributed by atoms with Gasteiger partial charge >= 0.3 is 5.97 Å². The van der Waals surface area contributed by atoms with E-state index in [1.54, 1.807) is 42.5 Å². The molecule has 2 aromatic heterocycles. The second kappa shape index (κ2) is 8.83. The number of hydrogen-bond acceptors (Lipinski definition) is 6. The van der Waals surface area contributed by atoms with Crippen molar-refractivity contribution in [3.8, 4) is 0 Å². The Balaban J connectivity index is 1.51. The van der Waals surface area contributed by atoms with Gasteiger partial charge in [-0.15, -0.1) is 0 Å². The maximum atomic E-state index is 11.8. The first-order chi connectivity index (χ1) is 13.0. The number of amides is 1. The standard InChI is InChI=1S/C18H20N4O4S/c23-16-9-13(3-6-19-16)12-4-7-22(8-5-12)27-14-1-2-15(20-10-14)18(26)21-11-17(24)25/h1-3,6,9-10,12H,4-5,7-8,11H2,(H,19,23)(H,21,26)(H,24,25). The fourth-order valence-corrected chi connectivity index (χ4v) is 3.88. The number of pyridine rings is 2. The molecule has 1 fully saturated rings. The third kappa shape index (κ3) is 5.41. The molecule has 0 atom stereocenters. The van der Waals surface area contributed by atoms with Crippen molar-refractivity contribution in [2.75, 3.05) is 19.6 Å². The highest BCUT2D eigenvalue weighted by Gasteiger charge is 2.21. The molecule has 1 aliphatic heterocycles. The Hall–Kier alpha value is -2.65. The molecule has 0 aliphatic carbocycles. The minimum atomic E-state index is -1.10. The third-order valence-corrected chi connectivity index (χ3v) is 5.40. The molecule has 1 amide bonds. The van der Waals surface area contributed by atoms with E-state index >= 15 is 0 Å². The molecule has 27 heavy (non-hydrogen) atoms. The van der Waals surface area contributed by atoms with Crippen molar-refractivity contribution < 1.29 is 14.7 Å². The molecule has 0 spiro atoms. The normalized spacial score (nSPS) is 15.4. The van der Waals surface area contributed by atoms with E-state index in [0.29, 0.717) is 5.92 Å². The molecular weight excluding hydrogens is 368 g/mol. The SMILES string of the molecule is O=C(O)CNC(=O)c1ccc(SN2CCC(c3cc[nH]c(=O)c3)CC2)cn1. The van der Waals surface area contributed by atoms with Crippen molar-refractivity contribution >= 4 is 23.8 Å². The average Bonchev–Trinajstić information content (AvgIpc) is 2.67. The number of H-pyrrole nitrogens is 1. The number of aliphatic carboxylic acids is 1. The Morgan fingerprint density at radius 1 is 1.30 bits per heavy atom. The van der Waals surface area contributed by atoms with Gasteiger partial charge in [-0.2, -0.15) is 0 Å². The van der Waals surface area contributed by atoms with Crippen LogP contribution in [-0.2, 0) is 4.79 Å². The number of carboxylic acid groups (broad SMARTS) is 1. The van der Waals surface area contributed by atoms with E-state index < -0.39 is 18.4 Å². The van der Waals surface area contributed by atoms with Crippen LogP contribution in [0.5, 0.6) is 0 Å². The Bertz CT molecular complexity index is 860. The molecule has 1 aliphatic rings. The van der Waals surface area contributed by atoms with Gasteiger partial charge in [0.25, 0.3) is 5.91 Å². The topological polar surface area (TPSA) is 115 Å². The predicted molar refractivity (Wildman–Crippen MR) is 101 cm³/mol. The number of carbonyl (C=O) groups is 2. The minimum Gasteiger partial charge on any atom is -0.480 e. The van der Waals surface area contributed by atoms with E-state index in [9.17, 15) is 14.4 Å². The van der Waals surface area contributed by atoms with Crippen molar-refractivity contribution in [3.05, 3.63) is 58.3 Å². The summed E-state index contributed by atoms with van der Waals surface area (Å²) in [6, 6.07) is 7.02. The van der Waals surface area contributed by atoms with E-state index in [4.69, 9.17) is 5.11 Å². The van der Waals surface area contributed by atoms with Crippen LogP contribution in [0.2, 0.25) is 0 Å². The molecule has 8 nitrogen and oxygen atoms in total. The summed E-state index contributed by atoms with van der Waals surface area (Å²) in [5.41, 5.74) is 1.21. The number of nitrogens with one attached hydrogen (secondary N) is 2. The zero-order valence-corrected chi connectivity index (χ0v) is 15.4. The van der Waals surface area contributed by atoms with Crippen LogP contribution < -0.4 is 10.9 Å². The highest BCUT2D eigenvalue weighted by atomic mass is 32.2.